The van der Waals surface area contributed by atoms with E-state index in [2.05, 4.69) is 45.3 Å². The zero-order valence-electron chi connectivity index (χ0n) is 34.7. The van der Waals surface area contributed by atoms with Crippen molar-refractivity contribution in [1.29, 1.82) is 0 Å². The standard InChI is InChI=1S/C47H82N2O3/c1-34(2)17-15-18-35(3)39-21-22-40-45-41(25-27-47(39,40)5)46(4)26-24-38(32-37(46)33-43(45)51)49-30-16-29-48-28-14-12-10-8-7-9-11-13-19-36-20-23-42(50)44(31-36)52-6/h20,23,31,34-35,37-41,43,45,48-51H,7-19,21-22,24-30,32-33H2,1-6H3/t35-,37-,38+,39-,40?,41?,43-,45?,46+,47-/m1/s1. The summed E-state index contributed by atoms with van der Waals surface area (Å²) >= 11 is 0. The molecule has 0 radical (unpaired) electrons. The maximum absolute atomic E-state index is 11.9. The van der Waals surface area contributed by atoms with Crippen molar-refractivity contribution < 1.29 is 14.9 Å². The van der Waals surface area contributed by atoms with E-state index in [1.807, 2.05) is 12.1 Å². The Morgan fingerprint density at radius 2 is 1.46 bits per heavy atom. The highest BCUT2D eigenvalue weighted by Gasteiger charge is 2.62. The molecule has 0 spiro atoms. The fourth-order valence-corrected chi connectivity index (χ4v) is 12.6. The number of hydrogen-bond donors (Lipinski definition) is 4. The van der Waals surface area contributed by atoms with Gasteiger partial charge >= 0.3 is 0 Å². The number of nitrogens with one attached hydrogen (secondary N) is 2. The van der Waals surface area contributed by atoms with Crippen LogP contribution in [-0.2, 0) is 6.42 Å². The third-order valence-corrected chi connectivity index (χ3v) is 15.7. The molecule has 52 heavy (non-hydrogen) atoms. The minimum Gasteiger partial charge on any atom is -0.504 e. The number of phenolic OH excluding ortho intramolecular Hbond substituents is 1. The third-order valence-electron chi connectivity index (χ3n) is 15.7. The Balaban J connectivity index is 0.902. The minimum absolute atomic E-state index is 0.0846. The van der Waals surface area contributed by atoms with Crippen molar-refractivity contribution >= 4 is 0 Å². The number of hydrogen-bond acceptors (Lipinski definition) is 5. The Hall–Kier alpha value is -1.30. The second kappa shape index (κ2) is 20.0. The van der Waals surface area contributed by atoms with Crippen LogP contribution in [0.15, 0.2) is 18.2 Å². The number of aliphatic hydroxyl groups excluding tert-OH is 1. The van der Waals surface area contributed by atoms with Crippen LogP contribution in [0.25, 0.3) is 0 Å². The van der Waals surface area contributed by atoms with Crippen LogP contribution in [0.1, 0.15) is 169 Å². The third kappa shape index (κ3) is 10.5. The van der Waals surface area contributed by atoms with Gasteiger partial charge in [-0.3, -0.25) is 0 Å². The number of aliphatic hydroxyl groups is 1. The van der Waals surface area contributed by atoms with Gasteiger partial charge in [0.2, 0.25) is 0 Å². The van der Waals surface area contributed by atoms with Crippen LogP contribution in [0.3, 0.4) is 0 Å². The normalized spacial score (nSPS) is 33.4. The molecule has 4 aliphatic rings. The molecule has 298 valence electrons. The quantitative estimate of drug-likeness (QED) is 0.0897. The Kier molecular flexibility index (Phi) is 16.1. The molecule has 5 nitrogen and oxygen atoms in total. The van der Waals surface area contributed by atoms with Crippen molar-refractivity contribution in [2.24, 2.45) is 52.3 Å². The molecule has 4 fully saturated rings. The molecule has 0 aliphatic heterocycles. The summed E-state index contributed by atoms with van der Waals surface area (Å²) in [6.45, 7) is 16.0. The first kappa shape index (κ1) is 41.9. The number of fused-ring (bicyclic) bond motifs is 5. The zero-order chi connectivity index (χ0) is 37.1. The molecule has 5 heteroatoms. The van der Waals surface area contributed by atoms with Crippen molar-refractivity contribution in [2.75, 3.05) is 26.7 Å². The fourth-order valence-electron chi connectivity index (χ4n) is 12.6. The Morgan fingerprint density at radius 3 is 2.21 bits per heavy atom. The van der Waals surface area contributed by atoms with Crippen molar-refractivity contribution in [2.45, 2.75) is 182 Å². The molecule has 0 amide bonds. The van der Waals surface area contributed by atoms with Gasteiger partial charge in [0.15, 0.2) is 11.5 Å². The molecule has 1 aromatic rings. The SMILES string of the molecule is COc1cc(CCCCCCCCCCNCCCN[C@H]2CC[C@]3(C)C4CC[C@@]5(C)C(CC[C@@H]5[C@H](C)CCCC(C)C)C4[C@H](O)C[C@H]3C2)ccc1O. The minimum atomic E-state index is -0.0846. The number of rotatable bonds is 22. The monoisotopic (exact) mass is 723 g/mol. The van der Waals surface area contributed by atoms with E-state index < -0.39 is 0 Å². The largest absolute Gasteiger partial charge is 0.504 e. The lowest BCUT2D eigenvalue weighted by molar-refractivity contribution is -0.167. The number of benzene rings is 1. The molecule has 4 aliphatic carbocycles. The Bertz CT molecular complexity index is 1190. The lowest BCUT2D eigenvalue weighted by Gasteiger charge is -2.62. The van der Waals surface area contributed by atoms with E-state index in [9.17, 15) is 10.2 Å². The maximum Gasteiger partial charge on any atom is 0.160 e. The van der Waals surface area contributed by atoms with Crippen LogP contribution in [-0.4, -0.2) is 49.1 Å². The predicted molar refractivity (Wildman–Crippen MR) is 219 cm³/mol. The second-order valence-electron chi connectivity index (χ2n) is 19.4. The second-order valence-corrected chi connectivity index (χ2v) is 19.4. The van der Waals surface area contributed by atoms with Gasteiger partial charge in [0.25, 0.3) is 0 Å². The Morgan fingerprint density at radius 1 is 0.769 bits per heavy atom. The molecule has 3 unspecified atom stereocenters. The first-order chi connectivity index (χ1) is 25.1. The van der Waals surface area contributed by atoms with Crippen molar-refractivity contribution in [1.82, 2.24) is 10.6 Å². The van der Waals surface area contributed by atoms with Crippen LogP contribution >= 0.6 is 0 Å². The molecule has 4 N–H and O–H groups in total. The number of aryl methyl sites for hydroxylation is 1. The van der Waals surface area contributed by atoms with Gasteiger partial charge in [0.1, 0.15) is 0 Å². The lowest BCUT2D eigenvalue weighted by atomic mass is 9.43. The summed E-state index contributed by atoms with van der Waals surface area (Å²) < 4.78 is 5.23. The number of phenols is 1. The van der Waals surface area contributed by atoms with E-state index in [1.165, 1.54) is 128 Å². The maximum atomic E-state index is 11.9. The Labute approximate surface area is 320 Å². The average molecular weight is 723 g/mol. The molecule has 0 bridgehead atoms. The van der Waals surface area contributed by atoms with Gasteiger partial charge in [0, 0.05) is 6.04 Å². The van der Waals surface area contributed by atoms with E-state index in [-0.39, 0.29) is 11.9 Å². The summed E-state index contributed by atoms with van der Waals surface area (Å²) in [5, 5.41) is 29.3. The molecule has 0 heterocycles. The zero-order valence-corrected chi connectivity index (χ0v) is 34.7. The van der Waals surface area contributed by atoms with Crippen LogP contribution in [0.5, 0.6) is 11.5 Å². The highest BCUT2D eigenvalue weighted by atomic mass is 16.5. The van der Waals surface area contributed by atoms with Crippen molar-refractivity contribution in [3.8, 4) is 11.5 Å². The average Bonchev–Trinajstić information content (AvgIpc) is 3.48. The highest BCUT2D eigenvalue weighted by molar-refractivity contribution is 5.41. The van der Waals surface area contributed by atoms with Gasteiger partial charge in [-0.05, 0) is 167 Å². The molecule has 1 aromatic carbocycles. The summed E-state index contributed by atoms with van der Waals surface area (Å²) in [6.07, 6.45) is 27.4. The predicted octanol–water partition coefficient (Wildman–Crippen LogP) is 11.1. The van der Waals surface area contributed by atoms with Crippen LogP contribution in [0.4, 0.5) is 0 Å². The summed E-state index contributed by atoms with van der Waals surface area (Å²) in [5.74, 6) is 6.01. The number of aromatic hydroxyl groups is 1. The van der Waals surface area contributed by atoms with E-state index in [0.29, 0.717) is 34.5 Å². The first-order valence-corrected chi connectivity index (χ1v) is 22.5. The van der Waals surface area contributed by atoms with Crippen LogP contribution < -0.4 is 15.4 Å². The van der Waals surface area contributed by atoms with Gasteiger partial charge in [-0.15, -0.1) is 0 Å². The van der Waals surface area contributed by atoms with Gasteiger partial charge in [-0.2, -0.15) is 0 Å². The topological polar surface area (TPSA) is 73.8 Å². The van der Waals surface area contributed by atoms with Crippen LogP contribution in [0, 0.1) is 52.3 Å². The number of ether oxygens (including phenoxy) is 1. The summed E-state index contributed by atoms with van der Waals surface area (Å²) in [6, 6.07) is 6.35. The van der Waals surface area contributed by atoms with Crippen molar-refractivity contribution in [3.63, 3.8) is 0 Å². The molecular weight excluding hydrogens is 641 g/mol. The van der Waals surface area contributed by atoms with Gasteiger partial charge in [-0.25, -0.2) is 0 Å². The lowest BCUT2D eigenvalue weighted by Crippen LogP contribution is -2.59. The smallest absolute Gasteiger partial charge is 0.160 e. The van der Waals surface area contributed by atoms with Gasteiger partial charge in [0.05, 0.1) is 13.2 Å². The first-order valence-electron chi connectivity index (χ1n) is 22.5. The fraction of sp³-hybridized carbons (Fsp3) is 0.872. The highest BCUT2D eigenvalue weighted by Crippen LogP contribution is 2.68. The summed E-state index contributed by atoms with van der Waals surface area (Å²) in [7, 11) is 1.61. The molecule has 10 atom stereocenters. The van der Waals surface area contributed by atoms with Gasteiger partial charge < -0.3 is 25.6 Å². The molecule has 5 rings (SSSR count). The summed E-state index contributed by atoms with van der Waals surface area (Å²) in [4.78, 5) is 0. The van der Waals surface area contributed by atoms with Gasteiger partial charge in [-0.1, -0.05) is 98.5 Å². The number of methoxy groups -OCH3 is 1. The summed E-state index contributed by atoms with van der Waals surface area (Å²) in [5.41, 5.74) is 2.12. The van der Waals surface area contributed by atoms with E-state index >= 15 is 0 Å². The number of unbranched alkanes of at least 4 members (excludes halogenated alkanes) is 7. The molecular formula is C47H82N2O3. The van der Waals surface area contributed by atoms with Crippen LogP contribution in [0.2, 0.25) is 0 Å². The van der Waals surface area contributed by atoms with E-state index in [0.717, 1.165) is 62.1 Å². The van der Waals surface area contributed by atoms with E-state index in [4.69, 9.17) is 4.74 Å². The molecule has 0 saturated heterocycles. The molecule has 0 aromatic heterocycles. The van der Waals surface area contributed by atoms with Crippen molar-refractivity contribution in [3.05, 3.63) is 23.8 Å². The van der Waals surface area contributed by atoms with E-state index in [1.54, 1.807) is 13.2 Å². The molecule has 4 saturated carbocycles.